The van der Waals surface area contributed by atoms with Crippen molar-refractivity contribution in [1.29, 1.82) is 0 Å². The molecule has 1 aromatic rings. The largest absolute Gasteiger partial charge is 0.359 e. The summed E-state index contributed by atoms with van der Waals surface area (Å²) in [6.07, 6.45) is 6.73. The van der Waals surface area contributed by atoms with Crippen molar-refractivity contribution in [2.45, 2.75) is 39.2 Å². The number of carbonyl (C=O) groups excluding carboxylic acids is 1. The van der Waals surface area contributed by atoms with Gasteiger partial charge in [-0.25, -0.2) is 0 Å². The zero-order valence-corrected chi connectivity index (χ0v) is 14.6. The zero-order chi connectivity index (χ0) is 15.4. The Bertz CT molecular complexity index is 537. The number of rotatable bonds is 2. The van der Waals surface area contributed by atoms with Crippen molar-refractivity contribution < 1.29 is 4.79 Å². The van der Waals surface area contributed by atoms with Gasteiger partial charge in [0.1, 0.15) is 0 Å². The van der Waals surface area contributed by atoms with Crippen LogP contribution >= 0.6 is 28.1 Å². The second-order valence-corrected chi connectivity index (χ2v) is 7.02. The van der Waals surface area contributed by atoms with Crippen LogP contribution in [0.5, 0.6) is 0 Å². The fourth-order valence-electron chi connectivity index (χ4n) is 2.70. The van der Waals surface area contributed by atoms with E-state index in [1.807, 2.05) is 0 Å². The molecule has 0 unspecified atom stereocenters. The van der Waals surface area contributed by atoms with Gasteiger partial charge in [0.15, 0.2) is 5.11 Å². The monoisotopic (exact) mass is 369 g/mol. The number of nitrogens with one attached hydrogen (secondary N) is 2. The lowest BCUT2D eigenvalue weighted by Crippen LogP contribution is -2.49. The number of halogens is 1. The van der Waals surface area contributed by atoms with Crippen molar-refractivity contribution in [3.8, 4) is 0 Å². The molecule has 2 rings (SSSR count). The van der Waals surface area contributed by atoms with E-state index in [4.69, 9.17) is 12.2 Å². The van der Waals surface area contributed by atoms with Gasteiger partial charge in [-0.2, -0.15) is 0 Å². The highest BCUT2D eigenvalue weighted by molar-refractivity contribution is 9.10. The molecule has 3 atom stereocenters. The second-order valence-electron chi connectivity index (χ2n) is 5.69. The van der Waals surface area contributed by atoms with Gasteiger partial charge in [-0.05, 0) is 52.5 Å². The van der Waals surface area contributed by atoms with Gasteiger partial charge >= 0.3 is 0 Å². The minimum atomic E-state index is -0.238. The Morgan fingerprint density at radius 2 is 2.14 bits per heavy atom. The van der Waals surface area contributed by atoms with Crippen LogP contribution in [0.2, 0.25) is 0 Å². The van der Waals surface area contributed by atoms with Crippen LogP contribution in [0, 0.1) is 11.8 Å². The molecule has 1 amide bonds. The number of pyridine rings is 1. The highest BCUT2D eigenvalue weighted by atomic mass is 79.9. The molecule has 1 aliphatic rings. The molecule has 0 spiro atoms. The summed E-state index contributed by atoms with van der Waals surface area (Å²) in [6, 6.07) is 2.05. The quantitative estimate of drug-likeness (QED) is 0.785. The predicted molar refractivity (Wildman–Crippen MR) is 91.1 cm³/mol. The number of hydrogen-bond acceptors (Lipinski definition) is 3. The number of carbonyl (C=O) groups is 1. The highest BCUT2D eigenvalue weighted by Gasteiger charge is 2.27. The van der Waals surface area contributed by atoms with Crippen molar-refractivity contribution in [3.05, 3.63) is 28.5 Å². The molecule has 0 saturated heterocycles. The van der Waals surface area contributed by atoms with Crippen LogP contribution in [0.1, 0.15) is 43.5 Å². The molecule has 2 N–H and O–H groups in total. The summed E-state index contributed by atoms with van der Waals surface area (Å²) in [5, 5.41) is 6.40. The predicted octanol–water partition coefficient (Wildman–Crippen LogP) is 3.27. The van der Waals surface area contributed by atoms with Crippen LogP contribution in [0.3, 0.4) is 0 Å². The molecular weight excluding hydrogens is 350 g/mol. The standard InChI is InChI=1S/C15H20BrN3OS/c1-9-4-3-5-13(10(9)2)18-15(21)19-14(20)11-6-12(16)8-17-7-11/h6-10,13H,3-5H2,1-2H3,(H2,18,19,20,21)/t9-,10-,13-/m1/s1. The van der Waals surface area contributed by atoms with Gasteiger partial charge < -0.3 is 5.32 Å². The van der Waals surface area contributed by atoms with Crippen molar-refractivity contribution in [3.63, 3.8) is 0 Å². The smallest absolute Gasteiger partial charge is 0.259 e. The third-order valence-electron chi connectivity index (χ3n) is 4.22. The van der Waals surface area contributed by atoms with Gasteiger partial charge in [0, 0.05) is 22.9 Å². The van der Waals surface area contributed by atoms with Crippen molar-refractivity contribution >= 4 is 39.2 Å². The Labute approximate surface area is 139 Å². The number of aromatic nitrogens is 1. The Morgan fingerprint density at radius 1 is 1.38 bits per heavy atom. The molecule has 1 aliphatic carbocycles. The SMILES string of the molecule is C[C@@H]1[C@H](C)CCC[C@H]1NC(=S)NC(=O)c1cncc(Br)c1. The molecule has 114 valence electrons. The average molecular weight is 370 g/mol. The van der Waals surface area contributed by atoms with Crippen LogP contribution in [0.25, 0.3) is 0 Å². The Kier molecular flexibility index (Phi) is 5.70. The van der Waals surface area contributed by atoms with E-state index in [2.05, 4.69) is 45.4 Å². The molecule has 21 heavy (non-hydrogen) atoms. The minimum Gasteiger partial charge on any atom is -0.359 e. The zero-order valence-electron chi connectivity index (χ0n) is 12.2. The summed E-state index contributed by atoms with van der Waals surface area (Å²) >= 11 is 8.56. The molecule has 1 aromatic heterocycles. The fourth-order valence-corrected chi connectivity index (χ4v) is 3.31. The van der Waals surface area contributed by atoms with Gasteiger partial charge in [0.05, 0.1) is 5.56 Å². The van der Waals surface area contributed by atoms with E-state index in [-0.39, 0.29) is 5.91 Å². The third kappa shape index (κ3) is 4.48. The Balaban J connectivity index is 1.91. The lowest BCUT2D eigenvalue weighted by molar-refractivity contribution is 0.0975. The van der Waals surface area contributed by atoms with Gasteiger partial charge in [0.25, 0.3) is 5.91 Å². The molecule has 4 nitrogen and oxygen atoms in total. The summed E-state index contributed by atoms with van der Waals surface area (Å²) < 4.78 is 0.767. The second kappa shape index (κ2) is 7.31. The topological polar surface area (TPSA) is 54.0 Å². The van der Waals surface area contributed by atoms with E-state index in [0.717, 1.165) is 10.9 Å². The highest BCUT2D eigenvalue weighted by Crippen LogP contribution is 2.29. The molecule has 0 aliphatic heterocycles. The van der Waals surface area contributed by atoms with Crippen LogP contribution in [-0.4, -0.2) is 22.0 Å². The van der Waals surface area contributed by atoms with E-state index >= 15 is 0 Å². The van der Waals surface area contributed by atoms with E-state index in [0.29, 0.717) is 28.6 Å². The van der Waals surface area contributed by atoms with E-state index in [9.17, 15) is 4.79 Å². The normalized spacial score (nSPS) is 25.2. The number of amides is 1. The van der Waals surface area contributed by atoms with Gasteiger partial charge in [-0.3, -0.25) is 15.1 Å². The van der Waals surface area contributed by atoms with Crippen LogP contribution in [0.4, 0.5) is 0 Å². The third-order valence-corrected chi connectivity index (χ3v) is 4.87. The Hall–Kier alpha value is -1.01. The summed E-state index contributed by atoms with van der Waals surface area (Å²) in [5.74, 6) is 1.00. The van der Waals surface area contributed by atoms with E-state index in [1.165, 1.54) is 19.0 Å². The first-order chi connectivity index (χ1) is 9.97. The maximum atomic E-state index is 12.1. The molecule has 1 saturated carbocycles. The number of nitrogens with zero attached hydrogens (tertiary/aromatic N) is 1. The average Bonchev–Trinajstić information content (AvgIpc) is 2.44. The number of hydrogen-bond donors (Lipinski definition) is 2. The van der Waals surface area contributed by atoms with Crippen LogP contribution in [0.15, 0.2) is 22.9 Å². The van der Waals surface area contributed by atoms with Gasteiger partial charge in [0.2, 0.25) is 0 Å². The lowest BCUT2D eigenvalue weighted by Gasteiger charge is -2.35. The Morgan fingerprint density at radius 3 is 2.86 bits per heavy atom. The van der Waals surface area contributed by atoms with Crippen LogP contribution < -0.4 is 10.6 Å². The summed E-state index contributed by atoms with van der Waals surface area (Å²) in [4.78, 5) is 16.1. The number of thiocarbonyl (C=S) groups is 1. The fraction of sp³-hybridized carbons (Fsp3) is 0.533. The lowest BCUT2D eigenvalue weighted by atomic mass is 9.78. The minimum absolute atomic E-state index is 0.238. The summed E-state index contributed by atoms with van der Waals surface area (Å²) in [7, 11) is 0. The summed E-state index contributed by atoms with van der Waals surface area (Å²) in [5.41, 5.74) is 0.485. The first kappa shape index (κ1) is 16.4. The first-order valence-corrected chi connectivity index (χ1v) is 8.40. The molecule has 1 heterocycles. The molecule has 0 bridgehead atoms. The van der Waals surface area contributed by atoms with Crippen LogP contribution in [-0.2, 0) is 0 Å². The maximum absolute atomic E-state index is 12.1. The molecule has 0 aromatic carbocycles. The van der Waals surface area contributed by atoms with Crippen molar-refractivity contribution in [2.75, 3.05) is 0 Å². The molecule has 6 heteroatoms. The molecule has 0 radical (unpaired) electrons. The van der Waals surface area contributed by atoms with E-state index < -0.39 is 0 Å². The van der Waals surface area contributed by atoms with Crippen molar-refractivity contribution in [2.24, 2.45) is 11.8 Å². The van der Waals surface area contributed by atoms with Gasteiger partial charge in [-0.15, -0.1) is 0 Å². The van der Waals surface area contributed by atoms with E-state index in [1.54, 1.807) is 12.3 Å². The maximum Gasteiger partial charge on any atom is 0.259 e. The summed E-state index contributed by atoms with van der Waals surface area (Å²) in [6.45, 7) is 4.51. The van der Waals surface area contributed by atoms with Crippen molar-refractivity contribution in [1.82, 2.24) is 15.6 Å². The van der Waals surface area contributed by atoms with Gasteiger partial charge in [-0.1, -0.05) is 26.7 Å². The first-order valence-electron chi connectivity index (χ1n) is 7.19. The molecule has 1 fully saturated rings. The molecular formula is C15H20BrN3OS.